The first-order valence-electron chi connectivity index (χ1n) is 6.09. The fourth-order valence-electron chi connectivity index (χ4n) is 2.41. The molecule has 0 aromatic carbocycles. The fraction of sp³-hybridized carbons (Fsp3) is 0.455. The lowest BCUT2D eigenvalue weighted by atomic mass is 9.95. The van der Waals surface area contributed by atoms with Crippen LogP contribution in [-0.4, -0.2) is 52.9 Å². The summed E-state index contributed by atoms with van der Waals surface area (Å²) in [5.74, 6) is 0.0846. The zero-order valence-corrected chi connectivity index (χ0v) is 12.4. The molecule has 1 aliphatic rings. The number of nitriles is 1. The van der Waals surface area contributed by atoms with Crippen molar-refractivity contribution in [1.82, 2.24) is 19.6 Å². The van der Waals surface area contributed by atoms with Gasteiger partial charge in [-0.15, -0.1) is 0 Å². The lowest BCUT2D eigenvalue weighted by molar-refractivity contribution is -0.0524. The Morgan fingerprint density at radius 2 is 2.23 bits per heavy atom. The zero-order chi connectivity index (χ0) is 16.1. The van der Waals surface area contributed by atoms with Crippen LogP contribution < -0.4 is 5.73 Å². The molecular weight excluding hydrogens is 335 g/mol. The number of rotatable bonds is 2. The SMILES string of the molecule is N#C[C@@]1(c2cnc3c(N)ncnn23)O[C@H](CO)C(O)C1(Cl)Cl. The van der Waals surface area contributed by atoms with E-state index >= 15 is 0 Å². The van der Waals surface area contributed by atoms with E-state index in [4.69, 9.17) is 33.7 Å². The largest absolute Gasteiger partial charge is 0.394 e. The Morgan fingerprint density at radius 3 is 2.82 bits per heavy atom. The molecule has 4 N–H and O–H groups in total. The van der Waals surface area contributed by atoms with E-state index in [1.807, 2.05) is 6.07 Å². The van der Waals surface area contributed by atoms with Crippen LogP contribution in [0, 0.1) is 11.3 Å². The van der Waals surface area contributed by atoms with E-state index in [1.165, 1.54) is 10.7 Å². The molecule has 3 atom stereocenters. The number of alkyl halides is 2. The molecule has 1 aliphatic heterocycles. The van der Waals surface area contributed by atoms with Crippen molar-refractivity contribution >= 4 is 34.7 Å². The molecule has 22 heavy (non-hydrogen) atoms. The van der Waals surface area contributed by atoms with Crippen LogP contribution in [0.25, 0.3) is 5.65 Å². The number of fused-ring (bicyclic) bond motifs is 1. The maximum absolute atomic E-state index is 10.1. The molecule has 1 unspecified atom stereocenters. The summed E-state index contributed by atoms with van der Waals surface area (Å²) in [7, 11) is 0. The third-order valence-corrected chi connectivity index (χ3v) is 4.53. The molecule has 1 saturated heterocycles. The number of aliphatic hydroxyl groups excluding tert-OH is 2. The Balaban J connectivity index is 2.27. The number of halogens is 2. The smallest absolute Gasteiger partial charge is 0.234 e. The van der Waals surface area contributed by atoms with Crippen molar-refractivity contribution in [2.24, 2.45) is 0 Å². The number of aliphatic hydroxyl groups is 2. The number of nitrogens with two attached hydrogens (primary N) is 1. The Kier molecular flexibility index (Phi) is 3.39. The average molecular weight is 345 g/mol. The summed E-state index contributed by atoms with van der Waals surface area (Å²) in [6.07, 6.45) is -0.211. The maximum atomic E-state index is 10.1. The van der Waals surface area contributed by atoms with E-state index in [-0.39, 0.29) is 17.2 Å². The monoisotopic (exact) mass is 344 g/mol. The summed E-state index contributed by atoms with van der Waals surface area (Å²) in [4.78, 5) is 7.80. The van der Waals surface area contributed by atoms with Gasteiger partial charge in [0.25, 0.3) is 0 Å². The molecule has 0 amide bonds. The third-order valence-electron chi connectivity index (χ3n) is 3.55. The number of nitrogen functional groups attached to an aromatic ring is 1. The number of aromatic nitrogens is 4. The number of anilines is 1. The van der Waals surface area contributed by atoms with Gasteiger partial charge in [-0.3, -0.25) is 0 Å². The normalized spacial score (nSPS) is 30.5. The van der Waals surface area contributed by atoms with Crippen molar-refractivity contribution in [3.8, 4) is 6.07 Å². The second kappa shape index (κ2) is 4.91. The molecule has 1 fully saturated rings. The molecule has 2 aromatic rings. The molecule has 0 bridgehead atoms. The highest BCUT2D eigenvalue weighted by molar-refractivity contribution is 6.50. The molecule has 116 valence electrons. The number of hydrogen-bond acceptors (Lipinski definition) is 8. The lowest BCUT2D eigenvalue weighted by Crippen LogP contribution is -2.45. The summed E-state index contributed by atoms with van der Waals surface area (Å²) in [5, 5.41) is 33.0. The average Bonchev–Trinajstić information content (AvgIpc) is 3.01. The molecule has 3 heterocycles. The van der Waals surface area contributed by atoms with E-state index in [1.54, 1.807) is 0 Å². The van der Waals surface area contributed by atoms with Gasteiger partial charge in [0.2, 0.25) is 5.60 Å². The van der Waals surface area contributed by atoms with Crippen molar-refractivity contribution in [3.05, 3.63) is 18.2 Å². The highest BCUT2D eigenvalue weighted by Crippen LogP contribution is 2.53. The van der Waals surface area contributed by atoms with Crippen LogP contribution in [0.15, 0.2) is 12.5 Å². The first-order chi connectivity index (χ1) is 10.4. The fourth-order valence-corrected chi connectivity index (χ4v) is 3.06. The topological polar surface area (TPSA) is 143 Å². The summed E-state index contributed by atoms with van der Waals surface area (Å²) >= 11 is 12.4. The highest BCUT2D eigenvalue weighted by atomic mass is 35.5. The number of imidazole rings is 1. The van der Waals surface area contributed by atoms with Crippen molar-refractivity contribution in [1.29, 1.82) is 5.26 Å². The predicted molar refractivity (Wildman–Crippen MR) is 74.9 cm³/mol. The van der Waals surface area contributed by atoms with Gasteiger partial charge in [-0.2, -0.15) is 10.4 Å². The summed E-state index contributed by atoms with van der Waals surface area (Å²) in [6, 6.07) is 1.86. The quantitative estimate of drug-likeness (QED) is 0.610. The van der Waals surface area contributed by atoms with E-state index < -0.39 is 28.7 Å². The Bertz CT molecular complexity index is 775. The summed E-state index contributed by atoms with van der Waals surface area (Å²) < 4.78 is 4.64. The van der Waals surface area contributed by atoms with Gasteiger partial charge in [0, 0.05) is 0 Å². The molecule has 0 spiro atoms. The van der Waals surface area contributed by atoms with E-state index in [0.29, 0.717) is 0 Å². The molecule has 2 aromatic heterocycles. The molecule has 9 nitrogen and oxygen atoms in total. The van der Waals surface area contributed by atoms with Crippen LogP contribution in [0.4, 0.5) is 5.82 Å². The Labute approximate surface area is 133 Å². The van der Waals surface area contributed by atoms with Crippen molar-refractivity contribution in [3.63, 3.8) is 0 Å². The van der Waals surface area contributed by atoms with E-state index in [9.17, 15) is 15.5 Å². The van der Waals surface area contributed by atoms with Gasteiger partial charge in [-0.05, 0) is 0 Å². The highest BCUT2D eigenvalue weighted by Gasteiger charge is 2.67. The van der Waals surface area contributed by atoms with Crippen LogP contribution >= 0.6 is 23.2 Å². The minimum Gasteiger partial charge on any atom is -0.394 e. The second-order valence-corrected chi connectivity index (χ2v) is 6.11. The first-order valence-corrected chi connectivity index (χ1v) is 6.85. The maximum Gasteiger partial charge on any atom is 0.234 e. The molecule has 11 heteroatoms. The Hall–Kier alpha value is -1.70. The Morgan fingerprint density at radius 1 is 1.50 bits per heavy atom. The van der Waals surface area contributed by atoms with E-state index in [0.717, 1.165) is 6.33 Å². The zero-order valence-electron chi connectivity index (χ0n) is 10.9. The standard InChI is InChI=1S/C11H10Cl2N6O3/c12-11(13)7(21)5(2-20)22-10(11,3-14)6-1-16-9-8(15)17-4-18-19(6)9/h1,4-5,7,20-21H,2H2,(H2,15,17,18)/t5-,7?,10+/m1/s1. The molecule has 0 aliphatic carbocycles. The van der Waals surface area contributed by atoms with Crippen LogP contribution in [0.5, 0.6) is 0 Å². The number of nitrogens with zero attached hydrogens (tertiary/aromatic N) is 5. The molecule has 0 saturated carbocycles. The first kappa shape index (κ1) is 15.2. The van der Waals surface area contributed by atoms with Gasteiger partial charge in [-0.1, -0.05) is 23.2 Å². The summed E-state index contributed by atoms with van der Waals surface area (Å²) in [5.41, 5.74) is 3.94. The van der Waals surface area contributed by atoms with Crippen molar-refractivity contribution in [2.45, 2.75) is 22.1 Å². The summed E-state index contributed by atoms with van der Waals surface area (Å²) in [6.45, 7) is -0.570. The minimum atomic E-state index is -2.05. The van der Waals surface area contributed by atoms with Gasteiger partial charge in [0.1, 0.15) is 30.3 Å². The van der Waals surface area contributed by atoms with Crippen LogP contribution in [0.2, 0.25) is 0 Å². The van der Waals surface area contributed by atoms with Crippen molar-refractivity contribution in [2.75, 3.05) is 12.3 Å². The van der Waals surface area contributed by atoms with Gasteiger partial charge in [0.05, 0.1) is 12.8 Å². The number of hydrogen-bond donors (Lipinski definition) is 3. The lowest BCUT2D eigenvalue weighted by Gasteiger charge is -2.29. The third kappa shape index (κ3) is 1.73. The second-order valence-electron chi connectivity index (χ2n) is 4.72. The van der Waals surface area contributed by atoms with Gasteiger partial charge >= 0.3 is 0 Å². The predicted octanol–water partition coefficient (Wildman–Crippen LogP) is -0.649. The van der Waals surface area contributed by atoms with Crippen LogP contribution in [0.3, 0.4) is 0 Å². The van der Waals surface area contributed by atoms with Crippen molar-refractivity contribution < 1.29 is 14.9 Å². The molecule has 0 radical (unpaired) electrons. The van der Waals surface area contributed by atoms with Crippen LogP contribution in [0.1, 0.15) is 5.69 Å². The van der Waals surface area contributed by atoms with Gasteiger partial charge in [0.15, 0.2) is 15.8 Å². The minimum absolute atomic E-state index is 0.0686. The van der Waals surface area contributed by atoms with Gasteiger partial charge in [-0.25, -0.2) is 14.5 Å². The van der Waals surface area contributed by atoms with Crippen LogP contribution in [-0.2, 0) is 10.3 Å². The van der Waals surface area contributed by atoms with Gasteiger partial charge < -0.3 is 20.7 Å². The molecular formula is C11H10Cl2N6O3. The molecule has 3 rings (SSSR count). The number of ether oxygens (including phenoxy) is 1. The van der Waals surface area contributed by atoms with E-state index in [2.05, 4.69) is 15.1 Å².